The van der Waals surface area contributed by atoms with Gasteiger partial charge >= 0.3 is 5.65 Å². The van der Waals surface area contributed by atoms with Crippen LogP contribution in [0, 0.1) is 0 Å². The van der Waals surface area contributed by atoms with E-state index in [2.05, 4.69) is 9.97 Å². The summed E-state index contributed by atoms with van der Waals surface area (Å²) in [6.07, 6.45) is -0.678. The number of carbonyl (C=O) groups excluding carboxylic acids is 1. The molecule has 4 N–H and O–H groups in total. The molecule has 10 nitrogen and oxygen atoms in total. The molecule has 4 rings (SSSR count). The van der Waals surface area contributed by atoms with Gasteiger partial charge in [0.05, 0.1) is 12.7 Å². The lowest BCUT2D eigenvalue weighted by Crippen LogP contribution is -2.50. The molecular formula is C11H11BN5O5. The molecular weight excluding hydrogens is 293 g/mol. The van der Waals surface area contributed by atoms with E-state index < -0.39 is 23.9 Å². The first-order valence-corrected chi connectivity index (χ1v) is 6.57. The lowest BCUT2D eigenvalue weighted by molar-refractivity contribution is -0.748. The van der Waals surface area contributed by atoms with Crippen LogP contribution in [0.3, 0.4) is 0 Å². The average molecular weight is 304 g/mol. The molecule has 4 atom stereocenters. The summed E-state index contributed by atoms with van der Waals surface area (Å²) >= 11 is 0. The summed E-state index contributed by atoms with van der Waals surface area (Å²) in [6.45, 7) is -0.343. The van der Waals surface area contributed by atoms with Crippen molar-refractivity contribution >= 4 is 30.4 Å². The first kappa shape index (κ1) is 13.4. The second-order valence-corrected chi connectivity index (χ2v) is 5.33. The molecule has 113 valence electrons. The van der Waals surface area contributed by atoms with Crippen LogP contribution in [-0.2, 0) is 10.4 Å². The highest BCUT2D eigenvalue weighted by Crippen LogP contribution is 2.54. The number of imidazole rings is 1. The number of carbonyl (C=O) groups is 1. The van der Waals surface area contributed by atoms with Gasteiger partial charge in [0.1, 0.15) is 6.10 Å². The molecule has 0 bridgehead atoms. The number of aromatic nitrogens is 4. The predicted molar refractivity (Wildman–Crippen MR) is 68.4 cm³/mol. The fourth-order valence-corrected chi connectivity index (χ4v) is 3.07. The fraction of sp³-hybridized carbons (Fsp3) is 0.455. The maximum absolute atomic E-state index is 11.3. The van der Waals surface area contributed by atoms with Gasteiger partial charge in [0.2, 0.25) is 18.9 Å². The second kappa shape index (κ2) is 4.15. The Morgan fingerprint density at radius 3 is 3.05 bits per heavy atom. The van der Waals surface area contributed by atoms with Crippen LogP contribution in [0.4, 0.5) is 10.6 Å². The number of aliphatic hydroxyl groups is 2. The molecule has 0 amide bonds. The normalized spacial score (nSPS) is 32.7. The minimum absolute atomic E-state index is 0.0150. The molecule has 2 aromatic heterocycles. The molecule has 2 aliphatic heterocycles. The zero-order valence-corrected chi connectivity index (χ0v) is 11.2. The lowest BCUT2D eigenvalue weighted by Gasteiger charge is -2.17. The molecule has 0 unspecified atom stereocenters. The summed E-state index contributed by atoms with van der Waals surface area (Å²) in [5.41, 5.74) is 5.00. The molecule has 2 aromatic rings. The van der Waals surface area contributed by atoms with Crippen LogP contribution in [0.1, 0.15) is 0 Å². The Kier molecular flexibility index (Phi) is 2.53. The molecule has 11 heteroatoms. The van der Waals surface area contributed by atoms with E-state index in [1.807, 2.05) is 0 Å². The first-order valence-electron chi connectivity index (χ1n) is 6.57. The lowest BCUT2D eigenvalue weighted by atomic mass is 9.93. The molecule has 4 heterocycles. The molecule has 2 saturated heterocycles. The van der Waals surface area contributed by atoms with Crippen molar-refractivity contribution in [3.05, 3.63) is 12.7 Å². The summed E-state index contributed by atoms with van der Waals surface area (Å²) in [6, 6.07) is 0. The van der Waals surface area contributed by atoms with E-state index >= 15 is 0 Å². The number of anilines is 1. The monoisotopic (exact) mass is 304 g/mol. The number of nitrogens with zero attached hydrogens (tertiary/aromatic N) is 4. The Morgan fingerprint density at radius 2 is 2.41 bits per heavy atom. The SMILES string of the molecule is Nc1ncnc2c1n(C(=O)[O-])c[n+]2[C@@]12[B][C@@H]1[C@H](O)[C@@H](CO)O2. The molecule has 2 aliphatic rings. The van der Waals surface area contributed by atoms with E-state index in [0.29, 0.717) is 0 Å². The Labute approximate surface area is 124 Å². The Balaban J connectivity index is 1.91. The Morgan fingerprint density at radius 1 is 1.64 bits per heavy atom. The number of hydrogen-bond donors (Lipinski definition) is 3. The van der Waals surface area contributed by atoms with Crippen molar-refractivity contribution in [1.29, 1.82) is 0 Å². The third-order valence-corrected chi connectivity index (χ3v) is 4.16. The van der Waals surface area contributed by atoms with E-state index in [4.69, 9.17) is 10.5 Å². The standard InChI is InChI=1S/C11H11BN5O5/c13-8-5-9(15-2-14-8)17(3-16(5)10(20)21)11-7(12-11)6(19)4(1-18)22-11/h2-4,6-7,18-19H,1H2,(H2-,13,14,15,20,21)/t4-,6-,7-,11+/m1/s1. The van der Waals surface area contributed by atoms with Crippen LogP contribution in [0.5, 0.6) is 0 Å². The van der Waals surface area contributed by atoms with Crippen molar-refractivity contribution in [2.24, 2.45) is 0 Å². The minimum atomic E-state index is -1.49. The van der Waals surface area contributed by atoms with Crippen molar-refractivity contribution < 1.29 is 29.4 Å². The van der Waals surface area contributed by atoms with Gasteiger partial charge in [-0.25, -0.2) is 9.13 Å². The number of fused-ring (bicyclic) bond motifs is 2. The van der Waals surface area contributed by atoms with E-state index in [9.17, 15) is 20.1 Å². The maximum Gasteiger partial charge on any atom is 0.309 e. The third-order valence-electron chi connectivity index (χ3n) is 4.16. The van der Waals surface area contributed by atoms with Gasteiger partial charge in [-0.3, -0.25) is 0 Å². The summed E-state index contributed by atoms with van der Waals surface area (Å²) in [7, 11) is 1.71. The highest BCUT2D eigenvalue weighted by atomic mass is 16.6. The Bertz CT molecular complexity index is 797. The highest BCUT2D eigenvalue weighted by Gasteiger charge is 2.72. The van der Waals surface area contributed by atoms with Gasteiger partial charge in [0, 0.05) is 5.82 Å². The van der Waals surface area contributed by atoms with Crippen molar-refractivity contribution in [2.75, 3.05) is 12.3 Å². The molecule has 0 saturated carbocycles. The van der Waals surface area contributed by atoms with Gasteiger partial charge in [-0.05, 0) is 0 Å². The summed E-state index contributed by atoms with van der Waals surface area (Å²) < 4.78 is 7.95. The summed E-state index contributed by atoms with van der Waals surface area (Å²) in [5, 5.41) is 30.6. The van der Waals surface area contributed by atoms with Gasteiger partial charge < -0.3 is 30.6 Å². The largest absolute Gasteiger partial charge is 0.517 e. The number of ether oxygens (including phenoxy) is 1. The second-order valence-electron chi connectivity index (χ2n) is 5.33. The molecule has 1 radical (unpaired) electrons. The maximum atomic E-state index is 11.3. The number of rotatable bonds is 2. The molecule has 0 aromatic carbocycles. The predicted octanol–water partition coefficient (Wildman–Crippen LogP) is -3.64. The smallest absolute Gasteiger partial charge is 0.309 e. The van der Waals surface area contributed by atoms with Crippen molar-refractivity contribution in [3.63, 3.8) is 0 Å². The van der Waals surface area contributed by atoms with Crippen LogP contribution >= 0.6 is 0 Å². The van der Waals surface area contributed by atoms with E-state index in [1.165, 1.54) is 17.2 Å². The van der Waals surface area contributed by atoms with Crippen LogP contribution in [-0.4, -0.2) is 56.9 Å². The first-order chi connectivity index (χ1) is 10.5. The van der Waals surface area contributed by atoms with Gasteiger partial charge in [0.25, 0.3) is 0 Å². The van der Waals surface area contributed by atoms with Gasteiger partial charge in [0.15, 0.2) is 24.1 Å². The third kappa shape index (κ3) is 1.50. The average Bonchev–Trinajstić information content (AvgIpc) is 2.95. The topological polar surface area (TPSA) is 150 Å². The van der Waals surface area contributed by atoms with E-state index in [0.717, 1.165) is 4.57 Å². The van der Waals surface area contributed by atoms with Crippen LogP contribution in [0.25, 0.3) is 11.2 Å². The van der Waals surface area contributed by atoms with E-state index in [-0.39, 0.29) is 29.4 Å². The Hall–Kier alpha value is -2.24. The van der Waals surface area contributed by atoms with Crippen LogP contribution < -0.4 is 15.4 Å². The number of hydrogen-bond acceptors (Lipinski definition) is 8. The van der Waals surface area contributed by atoms with Crippen LogP contribution in [0.2, 0.25) is 5.82 Å². The molecule has 2 fully saturated rings. The van der Waals surface area contributed by atoms with Gasteiger partial charge in [-0.1, -0.05) is 4.98 Å². The van der Waals surface area contributed by atoms with Gasteiger partial charge in [-0.15, -0.1) is 0 Å². The van der Waals surface area contributed by atoms with Crippen molar-refractivity contribution in [2.45, 2.75) is 23.6 Å². The molecule has 0 aliphatic carbocycles. The van der Waals surface area contributed by atoms with E-state index in [1.54, 1.807) is 7.28 Å². The number of aliphatic hydroxyl groups excluding tert-OH is 2. The highest BCUT2D eigenvalue weighted by molar-refractivity contribution is 6.54. The minimum Gasteiger partial charge on any atom is -0.517 e. The van der Waals surface area contributed by atoms with Crippen molar-refractivity contribution in [3.8, 4) is 0 Å². The molecule has 22 heavy (non-hydrogen) atoms. The van der Waals surface area contributed by atoms with Crippen LogP contribution in [0.15, 0.2) is 12.7 Å². The zero-order valence-electron chi connectivity index (χ0n) is 11.2. The summed E-state index contributed by atoms with van der Waals surface area (Å²) in [5.74, 6) is -0.384. The zero-order chi connectivity index (χ0) is 15.6. The number of nitrogens with two attached hydrogens (primary N) is 1. The molecule has 0 spiro atoms. The fourth-order valence-electron chi connectivity index (χ4n) is 3.07. The van der Waals surface area contributed by atoms with Gasteiger partial charge in [-0.2, -0.15) is 4.98 Å². The number of nitrogen functional groups attached to an aromatic ring is 1. The number of carboxylic acid groups (broad SMARTS) is 1. The van der Waals surface area contributed by atoms with Crippen molar-refractivity contribution in [1.82, 2.24) is 14.5 Å². The summed E-state index contributed by atoms with van der Waals surface area (Å²) in [4.78, 5) is 19.1. The quantitative estimate of drug-likeness (QED) is 0.380.